The summed E-state index contributed by atoms with van der Waals surface area (Å²) in [6, 6.07) is 15.5. The highest BCUT2D eigenvalue weighted by molar-refractivity contribution is 5.96. The molecule has 0 spiro atoms. The lowest BCUT2D eigenvalue weighted by atomic mass is 10.1. The van der Waals surface area contributed by atoms with Gasteiger partial charge in [0.15, 0.2) is 0 Å². The Balaban J connectivity index is 1.63. The van der Waals surface area contributed by atoms with E-state index in [1.54, 1.807) is 53.4 Å². The minimum atomic E-state index is -1.02. The van der Waals surface area contributed by atoms with E-state index in [2.05, 4.69) is 5.32 Å². The van der Waals surface area contributed by atoms with E-state index in [1.807, 2.05) is 6.07 Å². The topological polar surface area (TPSA) is 84.9 Å². The summed E-state index contributed by atoms with van der Waals surface area (Å²) >= 11 is 0. The standard InChI is InChI=1S/C22H24N2O5/c1-28-18-11-7-10-17(14-18)21(26)23-15-19(25)29-20(16-8-3-2-4-9-16)22(27)24-12-5-6-13-24/h2-4,7-11,14,20H,5-6,12-13,15H2,1H3,(H,23,26)/t20-/m1/s1. The van der Waals surface area contributed by atoms with Crippen LogP contribution >= 0.6 is 0 Å². The molecule has 2 aromatic rings. The molecule has 1 saturated heterocycles. The summed E-state index contributed by atoms with van der Waals surface area (Å²) in [6.45, 7) is 0.977. The molecule has 2 amide bonds. The smallest absolute Gasteiger partial charge is 0.326 e. The molecule has 1 N–H and O–H groups in total. The van der Waals surface area contributed by atoms with Crippen molar-refractivity contribution in [2.45, 2.75) is 18.9 Å². The lowest BCUT2D eigenvalue weighted by molar-refractivity contribution is -0.159. The molecule has 0 unspecified atom stereocenters. The Morgan fingerprint density at radius 3 is 2.45 bits per heavy atom. The Labute approximate surface area is 169 Å². The third-order valence-corrected chi connectivity index (χ3v) is 4.72. The van der Waals surface area contributed by atoms with Crippen molar-refractivity contribution in [3.63, 3.8) is 0 Å². The minimum Gasteiger partial charge on any atom is -0.497 e. The van der Waals surface area contributed by atoms with Crippen LogP contribution in [0.2, 0.25) is 0 Å². The average molecular weight is 396 g/mol. The Bertz CT molecular complexity index is 863. The summed E-state index contributed by atoms with van der Waals surface area (Å²) in [5.74, 6) is -0.799. The minimum absolute atomic E-state index is 0.235. The van der Waals surface area contributed by atoms with Gasteiger partial charge in [-0.2, -0.15) is 0 Å². The second-order valence-electron chi connectivity index (χ2n) is 6.73. The molecular weight excluding hydrogens is 372 g/mol. The van der Waals surface area contributed by atoms with Crippen molar-refractivity contribution in [1.82, 2.24) is 10.2 Å². The van der Waals surface area contributed by atoms with Gasteiger partial charge >= 0.3 is 5.97 Å². The first-order valence-electron chi connectivity index (χ1n) is 9.54. The molecule has 152 valence electrons. The van der Waals surface area contributed by atoms with Crippen LogP contribution in [-0.4, -0.2) is 49.4 Å². The highest BCUT2D eigenvalue weighted by Gasteiger charge is 2.30. The number of nitrogens with zero attached hydrogens (tertiary/aromatic N) is 1. The number of hydrogen-bond donors (Lipinski definition) is 1. The van der Waals surface area contributed by atoms with E-state index in [0.717, 1.165) is 12.8 Å². The number of amides is 2. The Morgan fingerprint density at radius 2 is 1.76 bits per heavy atom. The molecule has 0 aromatic heterocycles. The van der Waals surface area contributed by atoms with E-state index < -0.39 is 18.0 Å². The number of likely N-dealkylation sites (tertiary alicyclic amines) is 1. The van der Waals surface area contributed by atoms with Crippen molar-refractivity contribution >= 4 is 17.8 Å². The summed E-state index contributed by atoms with van der Waals surface area (Å²) < 4.78 is 10.6. The molecule has 1 atom stereocenters. The molecule has 0 aliphatic carbocycles. The van der Waals surface area contributed by atoms with Crippen molar-refractivity contribution in [3.05, 3.63) is 65.7 Å². The number of esters is 1. The highest BCUT2D eigenvalue weighted by atomic mass is 16.5. The number of hydrogen-bond acceptors (Lipinski definition) is 5. The fourth-order valence-corrected chi connectivity index (χ4v) is 3.18. The van der Waals surface area contributed by atoms with Crippen LogP contribution < -0.4 is 10.1 Å². The zero-order chi connectivity index (χ0) is 20.6. The van der Waals surface area contributed by atoms with Gasteiger partial charge in [0.25, 0.3) is 11.8 Å². The first kappa shape index (κ1) is 20.4. The maximum absolute atomic E-state index is 12.9. The molecule has 1 fully saturated rings. The predicted molar refractivity (Wildman–Crippen MR) is 106 cm³/mol. The van der Waals surface area contributed by atoms with Gasteiger partial charge in [-0.25, -0.2) is 0 Å². The van der Waals surface area contributed by atoms with Crippen LogP contribution in [0, 0.1) is 0 Å². The van der Waals surface area contributed by atoms with Gasteiger partial charge in [0.2, 0.25) is 6.10 Å². The SMILES string of the molecule is COc1cccc(C(=O)NCC(=O)O[C@@H](C(=O)N2CCCC2)c2ccccc2)c1. The lowest BCUT2D eigenvalue weighted by Gasteiger charge is -2.23. The summed E-state index contributed by atoms with van der Waals surface area (Å²) in [5.41, 5.74) is 0.974. The zero-order valence-corrected chi connectivity index (χ0v) is 16.3. The average Bonchev–Trinajstić information content (AvgIpc) is 3.31. The zero-order valence-electron chi connectivity index (χ0n) is 16.3. The summed E-state index contributed by atoms with van der Waals surface area (Å²) in [5, 5.41) is 2.52. The quantitative estimate of drug-likeness (QED) is 0.726. The van der Waals surface area contributed by atoms with Gasteiger partial charge in [0.1, 0.15) is 12.3 Å². The molecule has 0 saturated carbocycles. The third kappa shape index (κ3) is 5.34. The molecule has 0 bridgehead atoms. The number of methoxy groups -OCH3 is 1. The van der Waals surface area contributed by atoms with Crippen molar-refractivity contribution in [3.8, 4) is 5.75 Å². The third-order valence-electron chi connectivity index (χ3n) is 4.72. The number of nitrogens with one attached hydrogen (secondary N) is 1. The van der Waals surface area contributed by atoms with Crippen LogP contribution in [-0.2, 0) is 14.3 Å². The Morgan fingerprint density at radius 1 is 1.03 bits per heavy atom. The van der Waals surface area contributed by atoms with E-state index in [1.165, 1.54) is 7.11 Å². The van der Waals surface area contributed by atoms with Gasteiger partial charge in [-0.15, -0.1) is 0 Å². The number of carbonyl (C=O) groups is 3. The van der Waals surface area contributed by atoms with E-state index >= 15 is 0 Å². The van der Waals surface area contributed by atoms with Gasteiger partial charge in [-0.1, -0.05) is 36.4 Å². The van der Waals surface area contributed by atoms with Crippen LogP contribution in [0.25, 0.3) is 0 Å². The van der Waals surface area contributed by atoms with E-state index in [9.17, 15) is 14.4 Å². The van der Waals surface area contributed by atoms with E-state index in [-0.39, 0.29) is 12.5 Å². The second-order valence-corrected chi connectivity index (χ2v) is 6.73. The molecule has 29 heavy (non-hydrogen) atoms. The van der Waals surface area contributed by atoms with Crippen LogP contribution in [0.15, 0.2) is 54.6 Å². The predicted octanol–water partition coefficient (Wildman–Crippen LogP) is 2.33. The first-order valence-corrected chi connectivity index (χ1v) is 9.54. The molecule has 1 heterocycles. The van der Waals surface area contributed by atoms with Crippen LogP contribution in [0.5, 0.6) is 5.75 Å². The molecular formula is C22H24N2O5. The second kappa shape index (κ2) is 9.73. The molecule has 7 nitrogen and oxygen atoms in total. The Hall–Kier alpha value is -3.35. The van der Waals surface area contributed by atoms with Crippen LogP contribution in [0.3, 0.4) is 0 Å². The normalized spacial score (nSPS) is 14.2. The number of carbonyl (C=O) groups excluding carboxylic acids is 3. The summed E-state index contributed by atoms with van der Waals surface area (Å²) in [4.78, 5) is 39.2. The molecule has 0 radical (unpaired) electrons. The van der Waals surface area contributed by atoms with Crippen molar-refractivity contribution in [1.29, 1.82) is 0 Å². The fraction of sp³-hybridized carbons (Fsp3) is 0.318. The van der Waals surface area contributed by atoms with E-state index in [0.29, 0.717) is 30.0 Å². The lowest BCUT2D eigenvalue weighted by Crippen LogP contribution is -2.37. The molecule has 1 aliphatic heterocycles. The van der Waals surface area contributed by atoms with Crippen molar-refractivity contribution < 1.29 is 23.9 Å². The molecule has 7 heteroatoms. The Kier molecular flexibility index (Phi) is 6.84. The van der Waals surface area contributed by atoms with Gasteiger partial charge in [-0.05, 0) is 31.0 Å². The van der Waals surface area contributed by atoms with Gasteiger partial charge in [0, 0.05) is 24.2 Å². The summed E-state index contributed by atoms with van der Waals surface area (Å²) in [6.07, 6.45) is 0.866. The number of benzene rings is 2. The summed E-state index contributed by atoms with van der Waals surface area (Å²) in [7, 11) is 1.51. The van der Waals surface area contributed by atoms with Crippen LogP contribution in [0.4, 0.5) is 0 Å². The molecule has 1 aliphatic rings. The molecule has 2 aromatic carbocycles. The number of rotatable bonds is 7. The first-order chi connectivity index (χ1) is 14.1. The van der Waals surface area contributed by atoms with Crippen molar-refractivity contribution in [2.75, 3.05) is 26.7 Å². The van der Waals surface area contributed by atoms with Gasteiger partial charge in [0.05, 0.1) is 7.11 Å². The molecule has 3 rings (SSSR count). The van der Waals surface area contributed by atoms with E-state index in [4.69, 9.17) is 9.47 Å². The maximum atomic E-state index is 12.9. The largest absolute Gasteiger partial charge is 0.497 e. The number of ether oxygens (including phenoxy) is 2. The van der Waals surface area contributed by atoms with Gasteiger partial charge in [-0.3, -0.25) is 14.4 Å². The van der Waals surface area contributed by atoms with Crippen molar-refractivity contribution in [2.24, 2.45) is 0 Å². The fourth-order valence-electron chi connectivity index (χ4n) is 3.18. The maximum Gasteiger partial charge on any atom is 0.326 e. The van der Waals surface area contributed by atoms with Crippen LogP contribution in [0.1, 0.15) is 34.9 Å². The monoisotopic (exact) mass is 396 g/mol. The highest BCUT2D eigenvalue weighted by Crippen LogP contribution is 2.23. The van der Waals surface area contributed by atoms with Gasteiger partial charge < -0.3 is 19.7 Å².